The molecule has 5 nitrogen and oxygen atoms in total. The highest BCUT2D eigenvalue weighted by molar-refractivity contribution is 7.99. The van der Waals surface area contributed by atoms with Gasteiger partial charge >= 0.3 is 0 Å². The van der Waals surface area contributed by atoms with E-state index in [0.717, 1.165) is 42.0 Å². The standard InChI is InChI=1S/C21H22ClN3O2S2/c1-3-24-10-8-16-17(13-24)29-19-18(16)20(26)25(21(23-19)28-11-5-9-22)14-6-4-7-15(12-14)27-2/h4-7,9,12H,3,8,10-11,13H2,1-2H3/b9-5+. The number of halogens is 1. The van der Waals surface area contributed by atoms with E-state index in [1.54, 1.807) is 23.0 Å². The van der Waals surface area contributed by atoms with Gasteiger partial charge in [0.1, 0.15) is 10.6 Å². The maximum atomic E-state index is 13.7. The summed E-state index contributed by atoms with van der Waals surface area (Å²) in [4.78, 5) is 23.1. The van der Waals surface area contributed by atoms with Gasteiger partial charge in [0.05, 0.1) is 18.2 Å². The van der Waals surface area contributed by atoms with E-state index >= 15 is 0 Å². The van der Waals surface area contributed by atoms with Crippen LogP contribution in [0.25, 0.3) is 15.9 Å². The van der Waals surface area contributed by atoms with E-state index in [-0.39, 0.29) is 5.56 Å². The first-order chi connectivity index (χ1) is 14.2. The molecule has 0 N–H and O–H groups in total. The number of hydrogen-bond acceptors (Lipinski definition) is 6. The molecule has 0 unspecified atom stereocenters. The van der Waals surface area contributed by atoms with Gasteiger partial charge in [-0.3, -0.25) is 14.3 Å². The molecule has 0 fully saturated rings. The van der Waals surface area contributed by atoms with Crippen LogP contribution < -0.4 is 10.3 Å². The minimum atomic E-state index is -0.0111. The third-order valence-corrected chi connectivity index (χ3v) is 7.26. The number of likely N-dealkylation sites (N-methyl/N-ethyl adjacent to an activating group) is 1. The van der Waals surface area contributed by atoms with Gasteiger partial charge in [-0.1, -0.05) is 42.4 Å². The van der Waals surface area contributed by atoms with Crippen molar-refractivity contribution in [2.24, 2.45) is 0 Å². The summed E-state index contributed by atoms with van der Waals surface area (Å²) in [5.74, 6) is 1.34. The lowest BCUT2D eigenvalue weighted by molar-refractivity contribution is 0.272. The predicted octanol–water partition coefficient (Wildman–Crippen LogP) is 4.68. The first-order valence-electron chi connectivity index (χ1n) is 9.48. The molecule has 29 heavy (non-hydrogen) atoms. The van der Waals surface area contributed by atoms with Crippen molar-refractivity contribution in [1.82, 2.24) is 14.5 Å². The molecule has 152 valence electrons. The average molecular weight is 448 g/mol. The molecule has 0 radical (unpaired) electrons. The Bertz CT molecular complexity index is 1120. The first kappa shape index (κ1) is 20.5. The highest BCUT2D eigenvalue weighted by Gasteiger charge is 2.25. The highest BCUT2D eigenvalue weighted by Crippen LogP contribution is 2.34. The van der Waals surface area contributed by atoms with E-state index in [1.807, 2.05) is 30.3 Å². The summed E-state index contributed by atoms with van der Waals surface area (Å²) in [6.07, 6.45) is 2.73. The number of hydrogen-bond donors (Lipinski definition) is 0. The third kappa shape index (κ3) is 3.97. The topological polar surface area (TPSA) is 47.4 Å². The van der Waals surface area contributed by atoms with Crippen molar-refractivity contribution in [1.29, 1.82) is 0 Å². The summed E-state index contributed by atoms with van der Waals surface area (Å²) in [7, 11) is 1.62. The van der Waals surface area contributed by atoms with E-state index in [4.69, 9.17) is 21.3 Å². The lowest BCUT2D eigenvalue weighted by Crippen LogP contribution is -2.30. The second kappa shape index (κ2) is 8.92. The van der Waals surface area contributed by atoms with Crippen LogP contribution in [0.15, 0.2) is 45.8 Å². The van der Waals surface area contributed by atoms with Crippen molar-refractivity contribution < 1.29 is 4.74 Å². The van der Waals surface area contributed by atoms with E-state index < -0.39 is 0 Å². The van der Waals surface area contributed by atoms with Crippen LogP contribution in [0, 0.1) is 0 Å². The fourth-order valence-electron chi connectivity index (χ4n) is 3.58. The molecule has 2 aromatic heterocycles. The molecule has 0 amide bonds. The molecule has 3 heterocycles. The van der Waals surface area contributed by atoms with Gasteiger partial charge in [-0.15, -0.1) is 11.3 Å². The molecule has 0 aliphatic carbocycles. The molecular weight excluding hydrogens is 426 g/mol. The van der Waals surface area contributed by atoms with Gasteiger partial charge in [0.2, 0.25) is 0 Å². The van der Waals surface area contributed by atoms with Crippen molar-refractivity contribution in [2.75, 3.05) is 26.0 Å². The van der Waals surface area contributed by atoms with Gasteiger partial charge < -0.3 is 4.74 Å². The van der Waals surface area contributed by atoms with E-state index in [9.17, 15) is 4.79 Å². The van der Waals surface area contributed by atoms with Crippen LogP contribution in [-0.2, 0) is 13.0 Å². The quantitative estimate of drug-likeness (QED) is 0.405. The zero-order valence-electron chi connectivity index (χ0n) is 16.4. The maximum absolute atomic E-state index is 13.7. The molecule has 1 aliphatic rings. The summed E-state index contributed by atoms with van der Waals surface area (Å²) < 4.78 is 7.07. The highest BCUT2D eigenvalue weighted by atomic mass is 35.5. The second-order valence-electron chi connectivity index (χ2n) is 6.71. The maximum Gasteiger partial charge on any atom is 0.267 e. The van der Waals surface area contributed by atoms with Crippen LogP contribution >= 0.6 is 34.7 Å². The number of thiophene rings is 1. The summed E-state index contributed by atoms with van der Waals surface area (Å²) in [6, 6.07) is 7.54. The number of nitrogens with zero attached hydrogens (tertiary/aromatic N) is 3. The summed E-state index contributed by atoms with van der Waals surface area (Å²) in [5.41, 5.74) is 3.40. The van der Waals surface area contributed by atoms with Crippen LogP contribution in [0.2, 0.25) is 0 Å². The molecule has 0 atom stereocenters. The zero-order valence-corrected chi connectivity index (χ0v) is 18.7. The van der Waals surface area contributed by atoms with Gasteiger partial charge in [-0.05, 0) is 30.7 Å². The molecule has 1 aliphatic heterocycles. The Balaban J connectivity index is 1.92. The van der Waals surface area contributed by atoms with Crippen molar-refractivity contribution in [3.05, 3.63) is 56.7 Å². The monoisotopic (exact) mass is 447 g/mol. The first-order valence-corrected chi connectivity index (χ1v) is 11.7. The largest absolute Gasteiger partial charge is 0.497 e. The normalized spacial score (nSPS) is 14.6. The lowest BCUT2D eigenvalue weighted by Gasteiger charge is -2.25. The predicted molar refractivity (Wildman–Crippen MR) is 122 cm³/mol. The summed E-state index contributed by atoms with van der Waals surface area (Å²) >= 11 is 8.83. The molecule has 0 saturated carbocycles. The average Bonchev–Trinajstić information content (AvgIpc) is 3.11. The van der Waals surface area contributed by atoms with Crippen molar-refractivity contribution in [3.63, 3.8) is 0 Å². The Kier molecular flexibility index (Phi) is 6.29. The third-order valence-electron chi connectivity index (χ3n) is 5.08. The molecule has 0 spiro atoms. The minimum Gasteiger partial charge on any atom is -0.497 e. The van der Waals surface area contributed by atoms with Gasteiger partial charge in [0, 0.05) is 35.3 Å². The number of aromatic nitrogens is 2. The Morgan fingerprint density at radius 2 is 2.28 bits per heavy atom. The SMILES string of the molecule is CCN1CCc2c(sc3nc(SC/C=C/Cl)n(-c4cccc(OC)c4)c(=O)c23)C1. The van der Waals surface area contributed by atoms with Crippen LogP contribution in [0.1, 0.15) is 17.4 Å². The van der Waals surface area contributed by atoms with Crippen LogP contribution in [0.5, 0.6) is 5.75 Å². The Morgan fingerprint density at radius 3 is 3.03 bits per heavy atom. The van der Waals surface area contributed by atoms with Gasteiger partial charge in [0.25, 0.3) is 5.56 Å². The van der Waals surface area contributed by atoms with Gasteiger partial charge in [-0.2, -0.15) is 0 Å². The molecule has 0 saturated heterocycles. The Labute approximate surface area is 183 Å². The fraction of sp³-hybridized carbons (Fsp3) is 0.333. The zero-order chi connectivity index (χ0) is 20.4. The van der Waals surface area contributed by atoms with Crippen LogP contribution in [-0.4, -0.2) is 40.4 Å². The second-order valence-corrected chi connectivity index (χ2v) is 9.03. The number of thioether (sulfide) groups is 1. The van der Waals surface area contributed by atoms with E-state index in [1.165, 1.54) is 27.7 Å². The van der Waals surface area contributed by atoms with Gasteiger partial charge in [0.15, 0.2) is 5.16 Å². The number of benzene rings is 1. The van der Waals surface area contributed by atoms with Crippen LogP contribution in [0.4, 0.5) is 0 Å². The van der Waals surface area contributed by atoms with Crippen LogP contribution in [0.3, 0.4) is 0 Å². The summed E-state index contributed by atoms with van der Waals surface area (Å²) in [5, 5.41) is 1.43. The number of methoxy groups -OCH3 is 1. The molecule has 4 rings (SSSR count). The van der Waals surface area contributed by atoms with Crippen molar-refractivity contribution in [3.8, 4) is 11.4 Å². The molecule has 1 aromatic carbocycles. The molecular formula is C21H22ClN3O2S2. The molecule has 8 heteroatoms. The minimum absolute atomic E-state index is 0.0111. The summed E-state index contributed by atoms with van der Waals surface area (Å²) in [6.45, 7) is 5.06. The number of ether oxygens (including phenoxy) is 1. The van der Waals surface area contributed by atoms with E-state index in [2.05, 4.69) is 11.8 Å². The number of rotatable bonds is 6. The molecule has 0 bridgehead atoms. The number of fused-ring (bicyclic) bond motifs is 3. The van der Waals surface area contributed by atoms with Crippen molar-refractivity contribution in [2.45, 2.75) is 25.0 Å². The molecule has 3 aromatic rings. The lowest BCUT2D eigenvalue weighted by atomic mass is 10.1. The Hall–Kier alpha value is -1.80. The smallest absolute Gasteiger partial charge is 0.267 e. The fourth-order valence-corrected chi connectivity index (χ4v) is 5.90. The Morgan fingerprint density at radius 1 is 1.41 bits per heavy atom. The van der Waals surface area contributed by atoms with Crippen molar-refractivity contribution >= 4 is 44.9 Å². The van der Waals surface area contributed by atoms with E-state index in [0.29, 0.717) is 16.7 Å². The van der Waals surface area contributed by atoms with Gasteiger partial charge in [-0.25, -0.2) is 4.98 Å².